The summed E-state index contributed by atoms with van der Waals surface area (Å²) in [5.41, 5.74) is 0. The lowest BCUT2D eigenvalue weighted by molar-refractivity contribution is 0.344. The van der Waals surface area contributed by atoms with Gasteiger partial charge in [-0.05, 0) is 31.0 Å². The van der Waals surface area contributed by atoms with Crippen molar-refractivity contribution in [2.24, 2.45) is 0 Å². The second kappa shape index (κ2) is 6.24. The summed E-state index contributed by atoms with van der Waals surface area (Å²) in [6.45, 7) is 0.541. The van der Waals surface area contributed by atoms with Crippen LogP contribution in [-0.4, -0.2) is 27.5 Å². The fourth-order valence-corrected chi connectivity index (χ4v) is 2.82. The number of rotatable bonds is 6. The van der Waals surface area contributed by atoms with Crippen molar-refractivity contribution >= 4 is 35.0 Å². The quantitative estimate of drug-likeness (QED) is 0.638. The molecular formula is C13H13Cl2N3OS. The van der Waals surface area contributed by atoms with Crippen LogP contribution in [0.25, 0.3) is 0 Å². The summed E-state index contributed by atoms with van der Waals surface area (Å²) < 4.78 is 5.60. The van der Waals surface area contributed by atoms with Crippen LogP contribution in [0.1, 0.15) is 24.6 Å². The predicted molar refractivity (Wildman–Crippen MR) is 81.0 cm³/mol. The number of nitrogens with one attached hydrogen (secondary N) is 1. The van der Waals surface area contributed by atoms with Gasteiger partial charge in [0.25, 0.3) is 0 Å². The van der Waals surface area contributed by atoms with Crippen LogP contribution in [-0.2, 0) is 0 Å². The Kier molecular flexibility index (Phi) is 4.38. The number of ether oxygens (including phenoxy) is 1. The van der Waals surface area contributed by atoms with Crippen molar-refractivity contribution in [3.63, 3.8) is 0 Å². The van der Waals surface area contributed by atoms with Crippen molar-refractivity contribution in [1.29, 1.82) is 0 Å². The Morgan fingerprint density at radius 2 is 2.20 bits per heavy atom. The van der Waals surface area contributed by atoms with Crippen molar-refractivity contribution < 1.29 is 4.74 Å². The Morgan fingerprint density at radius 1 is 1.35 bits per heavy atom. The summed E-state index contributed by atoms with van der Waals surface area (Å²) in [5, 5.41) is 9.06. The third-order valence-corrected chi connectivity index (χ3v) is 4.25. The van der Waals surface area contributed by atoms with E-state index >= 15 is 0 Å². The number of H-pyrrole nitrogens is 1. The van der Waals surface area contributed by atoms with E-state index in [-0.39, 0.29) is 0 Å². The molecule has 2 aromatic rings. The van der Waals surface area contributed by atoms with Gasteiger partial charge < -0.3 is 4.74 Å². The first-order chi connectivity index (χ1) is 9.72. The second-order valence-electron chi connectivity index (χ2n) is 4.55. The van der Waals surface area contributed by atoms with E-state index in [9.17, 15) is 0 Å². The normalized spacial score (nSPS) is 14.5. The van der Waals surface area contributed by atoms with Crippen molar-refractivity contribution in [3.8, 4) is 5.75 Å². The Bertz CT molecular complexity index is 601. The molecule has 20 heavy (non-hydrogen) atoms. The zero-order valence-electron chi connectivity index (χ0n) is 10.6. The maximum Gasteiger partial charge on any atom is 0.208 e. The lowest BCUT2D eigenvalue weighted by Gasteiger charge is -2.07. The van der Waals surface area contributed by atoms with Gasteiger partial charge in [-0.25, -0.2) is 4.98 Å². The second-order valence-corrected chi connectivity index (χ2v) is 6.45. The van der Waals surface area contributed by atoms with Gasteiger partial charge in [0.05, 0.1) is 11.6 Å². The van der Waals surface area contributed by atoms with Crippen LogP contribution in [0.2, 0.25) is 10.0 Å². The number of aromatic amines is 1. The van der Waals surface area contributed by atoms with Gasteiger partial charge >= 0.3 is 0 Å². The molecule has 1 N–H and O–H groups in total. The Hall–Kier alpha value is -0.910. The van der Waals surface area contributed by atoms with E-state index in [2.05, 4.69) is 15.2 Å². The minimum absolute atomic E-state index is 0.524. The number of hydrogen-bond acceptors (Lipinski definition) is 4. The molecule has 1 heterocycles. The molecule has 0 unspecified atom stereocenters. The summed E-state index contributed by atoms with van der Waals surface area (Å²) in [6, 6.07) is 5.20. The average molecular weight is 330 g/mol. The van der Waals surface area contributed by atoms with Crippen molar-refractivity contribution in [1.82, 2.24) is 15.2 Å². The first-order valence-corrected chi connectivity index (χ1v) is 8.09. The maximum atomic E-state index is 6.02. The summed E-state index contributed by atoms with van der Waals surface area (Å²) in [6.07, 6.45) is 2.44. The molecule has 1 saturated carbocycles. The van der Waals surface area contributed by atoms with Crippen LogP contribution in [0.4, 0.5) is 0 Å². The number of halogens is 2. The maximum absolute atomic E-state index is 6.02. The number of thioether (sulfide) groups is 1. The van der Waals surface area contributed by atoms with E-state index in [4.69, 9.17) is 27.9 Å². The molecule has 0 spiro atoms. The van der Waals surface area contributed by atoms with Gasteiger partial charge in [-0.2, -0.15) is 0 Å². The van der Waals surface area contributed by atoms with E-state index < -0.39 is 0 Å². The zero-order valence-corrected chi connectivity index (χ0v) is 12.9. The fraction of sp³-hybridized carbons (Fsp3) is 0.385. The molecule has 4 nitrogen and oxygen atoms in total. The summed E-state index contributed by atoms with van der Waals surface area (Å²) in [5.74, 6) is 3.02. The lowest BCUT2D eigenvalue weighted by atomic mass is 10.3. The fourth-order valence-electron chi connectivity index (χ4n) is 1.74. The minimum Gasteiger partial charge on any atom is -0.491 e. The summed E-state index contributed by atoms with van der Waals surface area (Å²) in [7, 11) is 0. The molecule has 0 bridgehead atoms. The van der Waals surface area contributed by atoms with Crippen molar-refractivity contribution in [2.45, 2.75) is 23.9 Å². The van der Waals surface area contributed by atoms with Gasteiger partial charge in [0, 0.05) is 16.7 Å². The number of benzene rings is 1. The number of nitrogens with zero attached hydrogens (tertiary/aromatic N) is 2. The van der Waals surface area contributed by atoms with Gasteiger partial charge in [0.2, 0.25) is 5.16 Å². The highest BCUT2D eigenvalue weighted by atomic mass is 35.5. The monoisotopic (exact) mass is 329 g/mol. The first-order valence-electron chi connectivity index (χ1n) is 6.35. The zero-order chi connectivity index (χ0) is 13.9. The molecule has 106 valence electrons. The molecule has 0 aliphatic heterocycles. The predicted octanol–water partition coefficient (Wildman–Crippen LogP) is 4.16. The van der Waals surface area contributed by atoms with E-state index in [1.807, 2.05) is 0 Å². The molecule has 1 aromatic carbocycles. The van der Waals surface area contributed by atoms with Gasteiger partial charge in [-0.1, -0.05) is 35.0 Å². The largest absolute Gasteiger partial charge is 0.491 e. The minimum atomic E-state index is 0.524. The summed E-state index contributed by atoms with van der Waals surface area (Å²) >= 11 is 13.4. The van der Waals surface area contributed by atoms with Gasteiger partial charge in [0.1, 0.15) is 11.6 Å². The molecule has 0 atom stereocenters. The Balaban J connectivity index is 1.45. The highest BCUT2D eigenvalue weighted by Crippen LogP contribution is 2.38. The molecular weight excluding hydrogens is 317 g/mol. The number of hydrogen-bond donors (Lipinski definition) is 1. The highest BCUT2D eigenvalue weighted by Gasteiger charge is 2.27. The third-order valence-electron chi connectivity index (χ3n) is 2.91. The molecule has 0 amide bonds. The first kappa shape index (κ1) is 14.0. The molecule has 3 rings (SSSR count). The molecule has 1 fully saturated rings. The van der Waals surface area contributed by atoms with Crippen LogP contribution in [0.3, 0.4) is 0 Å². The number of aromatic nitrogens is 3. The van der Waals surface area contributed by atoms with Crippen LogP contribution < -0.4 is 4.74 Å². The Labute approximate surface area is 131 Å². The van der Waals surface area contributed by atoms with Crippen molar-refractivity contribution in [3.05, 3.63) is 34.1 Å². The molecule has 0 saturated heterocycles. The highest BCUT2D eigenvalue weighted by molar-refractivity contribution is 7.99. The van der Waals surface area contributed by atoms with E-state index in [0.29, 0.717) is 28.3 Å². The standard InChI is InChI=1S/C13H13Cl2N3OS/c14-9-3-4-11(10(15)7-9)19-5-6-20-13-16-12(17-18-13)8-1-2-8/h3-4,7-8H,1-2,5-6H2,(H,16,17,18). The third kappa shape index (κ3) is 3.59. The molecule has 0 radical (unpaired) electrons. The molecule has 1 aromatic heterocycles. The van der Waals surface area contributed by atoms with E-state index in [1.165, 1.54) is 12.8 Å². The van der Waals surface area contributed by atoms with Crippen molar-refractivity contribution in [2.75, 3.05) is 12.4 Å². The van der Waals surface area contributed by atoms with Crippen LogP contribution >= 0.6 is 35.0 Å². The molecule has 7 heteroatoms. The van der Waals surface area contributed by atoms with Crippen LogP contribution in [0, 0.1) is 0 Å². The molecule has 1 aliphatic carbocycles. The SMILES string of the molecule is Clc1ccc(OCCSc2n[nH]c(C3CC3)n2)c(Cl)c1. The van der Waals surface area contributed by atoms with Gasteiger partial charge in [-0.3, -0.25) is 5.10 Å². The van der Waals surface area contributed by atoms with Gasteiger partial charge in [-0.15, -0.1) is 5.10 Å². The topological polar surface area (TPSA) is 50.8 Å². The van der Waals surface area contributed by atoms with Crippen LogP contribution in [0.15, 0.2) is 23.4 Å². The lowest BCUT2D eigenvalue weighted by Crippen LogP contribution is -2.00. The van der Waals surface area contributed by atoms with E-state index in [0.717, 1.165) is 16.7 Å². The van der Waals surface area contributed by atoms with Gasteiger partial charge in [0.15, 0.2) is 0 Å². The summed E-state index contributed by atoms with van der Waals surface area (Å²) in [4.78, 5) is 4.44. The molecule has 1 aliphatic rings. The smallest absolute Gasteiger partial charge is 0.208 e. The average Bonchev–Trinajstić information content (AvgIpc) is 3.17. The Morgan fingerprint density at radius 3 is 2.95 bits per heavy atom. The van der Waals surface area contributed by atoms with E-state index in [1.54, 1.807) is 30.0 Å². The van der Waals surface area contributed by atoms with Crippen LogP contribution in [0.5, 0.6) is 5.75 Å².